The molecule has 132 valence electrons. The minimum absolute atomic E-state index is 0.140. The number of nitrogens with zero attached hydrogens (tertiary/aromatic N) is 2. The second-order valence-corrected chi connectivity index (χ2v) is 5.34. The van der Waals surface area contributed by atoms with Gasteiger partial charge in [-0.3, -0.25) is 0 Å². The standard InChI is InChI=1S/C18H22N4O3/c1-10-12(9-14(23-3)16(25-5)15(10)24-4)7-6-8-13-11(2)21-18(20)22-17(13)19/h9H,7H2,1-5H3,(H4,19,20,21,22). The van der Waals surface area contributed by atoms with Gasteiger partial charge in [-0.2, -0.15) is 4.98 Å². The zero-order valence-corrected chi connectivity index (χ0v) is 15.1. The van der Waals surface area contributed by atoms with Crippen LogP contribution >= 0.6 is 0 Å². The molecule has 4 N–H and O–H groups in total. The Kier molecular flexibility index (Phi) is 5.55. The first-order valence-corrected chi connectivity index (χ1v) is 7.59. The number of ether oxygens (including phenoxy) is 3. The van der Waals surface area contributed by atoms with Gasteiger partial charge in [0.1, 0.15) is 5.82 Å². The molecule has 0 saturated carbocycles. The van der Waals surface area contributed by atoms with Gasteiger partial charge in [-0.1, -0.05) is 11.8 Å². The van der Waals surface area contributed by atoms with Crippen LogP contribution in [0.5, 0.6) is 17.2 Å². The fourth-order valence-electron chi connectivity index (χ4n) is 2.53. The number of rotatable bonds is 4. The third-order valence-electron chi connectivity index (χ3n) is 3.81. The lowest BCUT2D eigenvalue weighted by Gasteiger charge is -2.16. The summed E-state index contributed by atoms with van der Waals surface area (Å²) in [6.07, 6.45) is 0.478. The molecule has 0 aliphatic carbocycles. The van der Waals surface area contributed by atoms with Crippen molar-refractivity contribution in [1.82, 2.24) is 9.97 Å². The first-order valence-electron chi connectivity index (χ1n) is 7.59. The van der Waals surface area contributed by atoms with Crippen LogP contribution in [0.3, 0.4) is 0 Å². The maximum absolute atomic E-state index is 5.87. The number of methoxy groups -OCH3 is 3. The predicted octanol–water partition coefficient (Wildman–Crippen LogP) is 1.88. The number of nitrogens with two attached hydrogens (primary N) is 2. The Bertz CT molecular complexity index is 831. The van der Waals surface area contributed by atoms with Crippen molar-refractivity contribution >= 4 is 11.8 Å². The monoisotopic (exact) mass is 342 g/mol. The van der Waals surface area contributed by atoms with E-state index < -0.39 is 0 Å². The number of benzene rings is 1. The van der Waals surface area contributed by atoms with Crippen molar-refractivity contribution in [3.63, 3.8) is 0 Å². The molecule has 0 saturated heterocycles. The molecule has 7 nitrogen and oxygen atoms in total. The first kappa shape index (κ1) is 18.2. The highest BCUT2D eigenvalue weighted by molar-refractivity contribution is 5.60. The summed E-state index contributed by atoms with van der Waals surface area (Å²) in [5.74, 6) is 8.32. The molecule has 2 aromatic rings. The van der Waals surface area contributed by atoms with E-state index in [1.165, 1.54) is 0 Å². The third kappa shape index (κ3) is 3.69. The summed E-state index contributed by atoms with van der Waals surface area (Å²) in [7, 11) is 4.75. The molecule has 25 heavy (non-hydrogen) atoms. The molecule has 0 amide bonds. The van der Waals surface area contributed by atoms with E-state index in [2.05, 4.69) is 21.8 Å². The van der Waals surface area contributed by atoms with Gasteiger partial charge in [-0.25, -0.2) is 4.98 Å². The van der Waals surface area contributed by atoms with Crippen LogP contribution in [0.25, 0.3) is 0 Å². The second kappa shape index (κ2) is 7.62. The summed E-state index contributed by atoms with van der Waals surface area (Å²) >= 11 is 0. The predicted molar refractivity (Wildman–Crippen MR) is 97.0 cm³/mol. The highest BCUT2D eigenvalue weighted by Crippen LogP contribution is 2.41. The van der Waals surface area contributed by atoms with Gasteiger partial charge in [-0.15, -0.1) is 0 Å². The summed E-state index contributed by atoms with van der Waals surface area (Å²) in [6.45, 7) is 3.74. The largest absolute Gasteiger partial charge is 0.493 e. The molecule has 0 unspecified atom stereocenters. The fraction of sp³-hybridized carbons (Fsp3) is 0.333. The molecule has 1 aromatic heterocycles. The molecule has 1 aromatic carbocycles. The average molecular weight is 342 g/mol. The number of aromatic nitrogens is 2. The third-order valence-corrected chi connectivity index (χ3v) is 3.81. The normalized spacial score (nSPS) is 9.96. The zero-order chi connectivity index (χ0) is 18.6. The molecule has 0 aliphatic rings. The van der Waals surface area contributed by atoms with Crippen molar-refractivity contribution in [3.05, 3.63) is 28.5 Å². The summed E-state index contributed by atoms with van der Waals surface area (Å²) < 4.78 is 16.2. The van der Waals surface area contributed by atoms with Gasteiger partial charge in [0.25, 0.3) is 0 Å². The van der Waals surface area contributed by atoms with Gasteiger partial charge in [-0.05, 0) is 31.0 Å². The Hall–Kier alpha value is -3.14. The van der Waals surface area contributed by atoms with Crippen molar-refractivity contribution in [2.45, 2.75) is 20.3 Å². The number of nitrogen functional groups attached to an aromatic ring is 2. The van der Waals surface area contributed by atoms with E-state index in [0.717, 1.165) is 11.1 Å². The quantitative estimate of drug-likeness (QED) is 0.817. The number of anilines is 2. The van der Waals surface area contributed by atoms with Crippen molar-refractivity contribution < 1.29 is 14.2 Å². The maximum Gasteiger partial charge on any atom is 0.222 e. The topological polar surface area (TPSA) is 106 Å². The minimum Gasteiger partial charge on any atom is -0.493 e. The Labute approximate surface area is 147 Å². The molecule has 7 heteroatoms. The van der Waals surface area contributed by atoms with Crippen LogP contribution < -0.4 is 25.7 Å². The SMILES string of the molecule is COc1cc(CC#Cc2c(C)nc(N)nc2N)c(C)c(OC)c1OC. The van der Waals surface area contributed by atoms with E-state index in [-0.39, 0.29) is 11.8 Å². The lowest BCUT2D eigenvalue weighted by atomic mass is 10.0. The molecular weight excluding hydrogens is 320 g/mol. The number of hydrogen-bond acceptors (Lipinski definition) is 7. The molecule has 1 heterocycles. The van der Waals surface area contributed by atoms with Crippen LogP contribution in [0.15, 0.2) is 6.07 Å². The van der Waals surface area contributed by atoms with Gasteiger partial charge in [0, 0.05) is 6.42 Å². The minimum atomic E-state index is 0.140. The maximum atomic E-state index is 5.87. The van der Waals surface area contributed by atoms with E-state index in [9.17, 15) is 0 Å². The number of aryl methyl sites for hydroxylation is 1. The van der Waals surface area contributed by atoms with Gasteiger partial charge < -0.3 is 25.7 Å². The Morgan fingerprint density at radius 2 is 1.68 bits per heavy atom. The molecule has 0 atom stereocenters. The van der Waals surface area contributed by atoms with E-state index in [1.807, 2.05) is 13.0 Å². The number of hydrogen-bond donors (Lipinski definition) is 2. The smallest absolute Gasteiger partial charge is 0.222 e. The highest BCUT2D eigenvalue weighted by atomic mass is 16.5. The van der Waals surface area contributed by atoms with Crippen molar-refractivity contribution in [3.8, 4) is 29.1 Å². The molecular formula is C18H22N4O3. The zero-order valence-electron chi connectivity index (χ0n) is 15.1. The molecule has 0 spiro atoms. The second-order valence-electron chi connectivity index (χ2n) is 5.34. The van der Waals surface area contributed by atoms with Crippen LogP contribution in [0.2, 0.25) is 0 Å². The first-order chi connectivity index (χ1) is 11.9. The van der Waals surface area contributed by atoms with Crippen molar-refractivity contribution in [2.24, 2.45) is 0 Å². The molecule has 0 bridgehead atoms. The van der Waals surface area contributed by atoms with E-state index in [1.54, 1.807) is 28.3 Å². The van der Waals surface area contributed by atoms with Gasteiger partial charge in [0.2, 0.25) is 11.7 Å². The van der Waals surface area contributed by atoms with Gasteiger partial charge in [0.15, 0.2) is 11.5 Å². The van der Waals surface area contributed by atoms with Gasteiger partial charge >= 0.3 is 0 Å². The van der Waals surface area contributed by atoms with Crippen LogP contribution in [0, 0.1) is 25.7 Å². The lowest BCUT2D eigenvalue weighted by molar-refractivity contribution is 0.322. The summed E-state index contributed by atoms with van der Waals surface area (Å²) in [5.41, 5.74) is 14.6. The molecule has 0 radical (unpaired) electrons. The average Bonchev–Trinajstić information content (AvgIpc) is 2.57. The Balaban J connectivity index is 2.40. The van der Waals surface area contributed by atoms with Crippen LogP contribution in [0.1, 0.15) is 22.4 Å². The van der Waals surface area contributed by atoms with E-state index in [0.29, 0.717) is 34.9 Å². The Morgan fingerprint density at radius 1 is 1.00 bits per heavy atom. The van der Waals surface area contributed by atoms with Gasteiger partial charge in [0.05, 0.1) is 32.6 Å². The van der Waals surface area contributed by atoms with Crippen LogP contribution in [-0.2, 0) is 6.42 Å². The Morgan fingerprint density at radius 3 is 2.24 bits per heavy atom. The summed E-state index contributed by atoms with van der Waals surface area (Å²) in [5, 5.41) is 0. The van der Waals surface area contributed by atoms with Crippen molar-refractivity contribution in [1.29, 1.82) is 0 Å². The molecule has 2 rings (SSSR count). The molecule has 0 fully saturated rings. The van der Waals surface area contributed by atoms with Crippen molar-refractivity contribution in [2.75, 3.05) is 32.8 Å². The van der Waals surface area contributed by atoms with E-state index >= 15 is 0 Å². The fourth-order valence-corrected chi connectivity index (χ4v) is 2.53. The van der Waals surface area contributed by atoms with Crippen LogP contribution in [-0.4, -0.2) is 31.3 Å². The summed E-state index contributed by atoms with van der Waals surface area (Å²) in [6, 6.07) is 1.89. The van der Waals surface area contributed by atoms with Crippen LogP contribution in [0.4, 0.5) is 11.8 Å². The lowest BCUT2D eigenvalue weighted by Crippen LogP contribution is -2.05. The van der Waals surface area contributed by atoms with E-state index in [4.69, 9.17) is 25.7 Å². The highest BCUT2D eigenvalue weighted by Gasteiger charge is 2.17. The molecule has 0 aliphatic heterocycles. The summed E-state index contributed by atoms with van der Waals surface area (Å²) in [4.78, 5) is 8.02.